The van der Waals surface area contributed by atoms with Crippen molar-refractivity contribution in [3.63, 3.8) is 0 Å². The summed E-state index contributed by atoms with van der Waals surface area (Å²) in [4.78, 5) is 87.4. The van der Waals surface area contributed by atoms with Crippen LogP contribution in [0.1, 0.15) is 102 Å². The minimum atomic E-state index is -1.17. The molecule has 18 nitrogen and oxygen atoms in total. The third kappa shape index (κ3) is 21.2. The zero-order valence-electron chi connectivity index (χ0n) is 53.1. The smallest absolute Gasteiger partial charge is 0.245 e. The summed E-state index contributed by atoms with van der Waals surface area (Å²) < 4.78 is 39.3. The summed E-state index contributed by atoms with van der Waals surface area (Å²) in [5.74, 6) is -1.89. The van der Waals surface area contributed by atoms with Gasteiger partial charge in [-0.1, -0.05) is 125 Å². The van der Waals surface area contributed by atoms with Gasteiger partial charge in [-0.2, -0.15) is 0 Å². The number of aryl methyl sites for hydroxylation is 2. The number of hydrogen-bond donors (Lipinski definition) is 7. The van der Waals surface area contributed by atoms with E-state index in [4.69, 9.17) is 18.9 Å². The molecule has 0 aromatic heterocycles. The highest BCUT2D eigenvalue weighted by molar-refractivity contribution is 5.94. The van der Waals surface area contributed by atoms with Gasteiger partial charge in [0.05, 0.1) is 37.5 Å². The van der Waals surface area contributed by atoms with Gasteiger partial charge in [0, 0.05) is 46.1 Å². The summed E-state index contributed by atoms with van der Waals surface area (Å²) in [6, 6.07) is 31.1. The van der Waals surface area contributed by atoms with Gasteiger partial charge in [-0.25, -0.2) is 4.39 Å². The summed E-state index contributed by atoms with van der Waals surface area (Å²) in [7, 11) is 1.58. The number of benzene rings is 5. The average molecular weight is 1230 g/mol. The number of nitrogens with one attached hydrogen (secondary N) is 7. The maximum atomic E-state index is 14.8. The Morgan fingerprint density at radius 2 is 1.11 bits per heavy atom. The molecule has 2 aliphatic rings. The molecule has 0 spiro atoms. The predicted molar refractivity (Wildman–Crippen MR) is 342 cm³/mol. The topological polar surface area (TPSA) is 227 Å². The van der Waals surface area contributed by atoms with Crippen molar-refractivity contribution in [2.24, 2.45) is 11.8 Å². The van der Waals surface area contributed by atoms with Crippen molar-refractivity contribution in [1.29, 1.82) is 0 Å². The lowest BCUT2D eigenvalue weighted by molar-refractivity contribution is -0.144. The van der Waals surface area contributed by atoms with Gasteiger partial charge >= 0.3 is 0 Å². The number of hydrogen-bond acceptors (Lipinski definition) is 12. The van der Waals surface area contributed by atoms with Crippen LogP contribution in [0, 0.1) is 17.7 Å². The second-order valence-electron chi connectivity index (χ2n) is 24.4. The van der Waals surface area contributed by atoms with Crippen molar-refractivity contribution < 1.29 is 52.1 Å². The first-order valence-corrected chi connectivity index (χ1v) is 31.6. The molecule has 2 aliphatic heterocycles. The molecule has 7 N–H and O–H groups in total. The van der Waals surface area contributed by atoms with Crippen molar-refractivity contribution in [1.82, 2.24) is 42.1 Å². The van der Waals surface area contributed by atoms with Crippen LogP contribution in [0.25, 0.3) is 11.1 Å². The second kappa shape index (κ2) is 34.3. The number of nitrogens with zero attached hydrogens (tertiary/aromatic N) is 1. The van der Waals surface area contributed by atoms with E-state index in [0.717, 1.165) is 39.1 Å². The molecule has 0 aliphatic carbocycles. The molecule has 2 heterocycles. The maximum Gasteiger partial charge on any atom is 0.245 e. The normalized spacial score (nSPS) is 21.8. The van der Waals surface area contributed by atoms with Crippen LogP contribution in [0.3, 0.4) is 0 Å². The molecule has 89 heavy (non-hydrogen) atoms. The van der Waals surface area contributed by atoms with Gasteiger partial charge in [0.1, 0.15) is 54.7 Å². The minimum absolute atomic E-state index is 0.0664. The summed E-state index contributed by atoms with van der Waals surface area (Å²) in [6.45, 7) is 15.2. The highest BCUT2D eigenvalue weighted by atomic mass is 19.1. The first kappa shape index (κ1) is 68.8. The molecule has 0 radical (unpaired) electrons. The summed E-state index contributed by atoms with van der Waals surface area (Å²) in [5.41, 5.74) is 5.32. The third-order valence-corrected chi connectivity index (χ3v) is 16.4. The molecule has 0 saturated heterocycles. The van der Waals surface area contributed by atoms with Crippen LogP contribution in [0.2, 0.25) is 0 Å². The van der Waals surface area contributed by atoms with Crippen LogP contribution in [0.4, 0.5) is 4.39 Å². The molecule has 6 amide bonds. The maximum absolute atomic E-state index is 14.8. The monoisotopic (exact) mass is 1220 g/mol. The van der Waals surface area contributed by atoms with E-state index in [-0.39, 0.29) is 68.8 Å². The van der Waals surface area contributed by atoms with E-state index in [1.54, 1.807) is 19.2 Å². The first-order valence-electron chi connectivity index (χ1n) is 31.6. The Labute approximate surface area is 524 Å². The van der Waals surface area contributed by atoms with Crippen molar-refractivity contribution in [2.45, 2.75) is 148 Å². The Morgan fingerprint density at radius 3 is 1.76 bits per heavy atom. The molecule has 0 saturated carbocycles. The van der Waals surface area contributed by atoms with Crippen LogP contribution in [-0.4, -0.2) is 142 Å². The zero-order valence-corrected chi connectivity index (χ0v) is 53.1. The Kier molecular flexibility index (Phi) is 26.5. The number of rotatable bonds is 15. The molecule has 7 rings (SSSR count). The highest BCUT2D eigenvalue weighted by Gasteiger charge is 2.36. The van der Waals surface area contributed by atoms with Gasteiger partial charge in [-0.15, -0.1) is 0 Å². The van der Waals surface area contributed by atoms with Gasteiger partial charge in [0.15, 0.2) is 0 Å². The Morgan fingerprint density at radius 1 is 0.562 bits per heavy atom. The van der Waals surface area contributed by atoms with Gasteiger partial charge in [-0.3, -0.25) is 28.8 Å². The molecule has 5 aromatic carbocycles. The van der Waals surface area contributed by atoms with Crippen molar-refractivity contribution in [3.8, 4) is 22.6 Å². The van der Waals surface area contributed by atoms with E-state index in [1.807, 2.05) is 139 Å². The lowest BCUT2D eigenvalue weighted by Crippen LogP contribution is -2.59. The van der Waals surface area contributed by atoms with Gasteiger partial charge in [0.25, 0.3) is 0 Å². The second-order valence-corrected chi connectivity index (χ2v) is 24.4. The molecule has 8 atom stereocenters. The molecule has 2 unspecified atom stereocenters. The number of para-hydroxylation sites is 1. The van der Waals surface area contributed by atoms with E-state index < -0.39 is 65.4 Å². The summed E-state index contributed by atoms with van der Waals surface area (Å²) in [5, 5.41) is 21.7. The molecule has 480 valence electrons. The van der Waals surface area contributed by atoms with E-state index in [9.17, 15) is 33.2 Å². The molecule has 19 heteroatoms. The van der Waals surface area contributed by atoms with E-state index in [2.05, 4.69) is 43.3 Å². The third-order valence-electron chi connectivity index (χ3n) is 16.4. The van der Waals surface area contributed by atoms with Crippen molar-refractivity contribution >= 4 is 35.4 Å². The Bertz CT molecular complexity index is 3110. The van der Waals surface area contributed by atoms with Crippen LogP contribution in [-0.2, 0) is 70.5 Å². The lowest BCUT2D eigenvalue weighted by Gasteiger charge is -2.33. The van der Waals surface area contributed by atoms with Gasteiger partial charge in [-0.05, 0) is 134 Å². The molecule has 0 bridgehead atoms. The van der Waals surface area contributed by atoms with Crippen LogP contribution in [0.15, 0.2) is 121 Å². The number of halogens is 1. The Balaban J connectivity index is 1.11. The Hall–Kier alpha value is -7.71. The van der Waals surface area contributed by atoms with Crippen LogP contribution < -0.4 is 46.7 Å². The largest absolute Gasteiger partial charge is 0.492 e. The SMILES string of the molecule is CCC(C)[C@@H]1NCCOc2ccc(-c3cccc(COC[C@@H]4C(=O)N[C@H](Cc5ccc(F)cc5)C(=O)NCCCc5ccccc5OCCN[C@@H](C(C)CC)C(=O)N4C)c3)cc2CCCNC(=O)[C@@H](Cc2ccccc2)NC(=O)[C@@H](COC(C)(C)C)NC1=O. The fourth-order valence-corrected chi connectivity index (χ4v) is 10.8. The average Bonchev–Trinajstić information content (AvgIpc) is 3.42. The predicted octanol–water partition coefficient (Wildman–Crippen LogP) is 7.18. The quantitative estimate of drug-likeness (QED) is 0.0554. The minimum Gasteiger partial charge on any atom is -0.492 e. The number of ether oxygens (including phenoxy) is 4. The van der Waals surface area contributed by atoms with E-state index in [1.165, 1.54) is 17.0 Å². The lowest BCUT2D eigenvalue weighted by atomic mass is 9.97. The van der Waals surface area contributed by atoms with Crippen LogP contribution >= 0.6 is 0 Å². The molecular weight excluding hydrogens is 1130 g/mol. The first-order chi connectivity index (χ1) is 42.8. The highest BCUT2D eigenvalue weighted by Crippen LogP contribution is 2.29. The standard InChI is InChI=1S/C70H93FN8O10/c1-9-46(3)62-68(84)78-58(44-89-70(5,6)7)66(82)76-56(40-48-19-12-11-13-20-48)64(80)75-34-18-25-54-42-53(29-32-61(54)88-37-35-72-62)52-23-16-21-50(39-52)43-86-45-59-67(83)77-57(41-49-27-30-55(71)31-28-49)65(81)74-33-17-24-51-22-14-15-26-60(51)87-38-36-73-63(47(4)10-2)69(85)79(59)8/h11-16,19-23,26-32,39,42,46-47,56-59,62-63,72-73H,9-10,17-18,24-25,33-38,40-41,43-45H2,1-8H3,(H,74,81)(H,75,80)(H,76,82)(H,77,83)(H,78,84)/t46?,47?,56-,57-,58-,59-,62+,63+/m1/s1. The molecular formula is C70H93FN8O10. The number of likely N-dealkylation sites (N-methyl/N-ethyl adjacent to an activating group) is 1. The van der Waals surface area contributed by atoms with Gasteiger partial charge < -0.3 is 61.1 Å². The van der Waals surface area contributed by atoms with Crippen LogP contribution in [0.5, 0.6) is 11.5 Å². The van der Waals surface area contributed by atoms with E-state index >= 15 is 0 Å². The fraction of sp³-hybridized carbons (Fsp3) is 0.486. The summed E-state index contributed by atoms with van der Waals surface area (Å²) >= 11 is 0. The van der Waals surface area contributed by atoms with Crippen molar-refractivity contribution in [2.75, 3.05) is 59.7 Å². The number of amides is 6. The number of carbonyl (C=O) groups excluding carboxylic acids is 6. The van der Waals surface area contributed by atoms with Crippen molar-refractivity contribution in [3.05, 3.63) is 155 Å². The number of fused-ring (bicyclic) bond motifs is 2. The molecule has 5 aromatic rings. The molecule has 0 fully saturated rings. The van der Waals surface area contributed by atoms with E-state index in [0.29, 0.717) is 82.6 Å². The number of carbonyl (C=O) groups is 6. The fourth-order valence-electron chi connectivity index (χ4n) is 10.8. The van der Waals surface area contributed by atoms with Gasteiger partial charge in [0.2, 0.25) is 35.4 Å². The zero-order chi connectivity index (χ0) is 63.9. The summed E-state index contributed by atoms with van der Waals surface area (Å²) in [6.07, 6.45) is 3.94.